The highest BCUT2D eigenvalue weighted by Crippen LogP contribution is 2.18. The lowest BCUT2D eigenvalue weighted by molar-refractivity contribution is -0.137. The minimum Gasteiger partial charge on any atom is -0.497 e. The minimum atomic E-state index is -0.806. The van der Waals surface area contributed by atoms with Crippen molar-refractivity contribution in [3.8, 4) is 11.5 Å². The molecule has 30 heavy (non-hydrogen) atoms. The lowest BCUT2D eigenvalue weighted by Gasteiger charge is -2.18. The van der Waals surface area contributed by atoms with E-state index in [4.69, 9.17) is 19.3 Å². The Bertz CT molecular complexity index is 788. The molecule has 0 aliphatic rings. The molecular weight excluding hydrogens is 386 g/mol. The summed E-state index contributed by atoms with van der Waals surface area (Å²) in [5, 5.41) is 11.6. The summed E-state index contributed by atoms with van der Waals surface area (Å²) >= 11 is 0. The van der Waals surface area contributed by atoms with Crippen LogP contribution < -0.4 is 14.8 Å². The van der Waals surface area contributed by atoms with Crippen molar-refractivity contribution < 1.29 is 28.9 Å². The summed E-state index contributed by atoms with van der Waals surface area (Å²) in [5.41, 5.74) is 1.59. The first-order valence-corrected chi connectivity index (χ1v) is 9.93. The Morgan fingerprint density at radius 2 is 1.50 bits per heavy atom. The molecule has 162 valence electrons. The zero-order valence-corrected chi connectivity index (χ0v) is 17.4. The highest BCUT2D eigenvalue weighted by Gasteiger charge is 2.19. The van der Waals surface area contributed by atoms with Gasteiger partial charge in [-0.15, -0.1) is 0 Å². The molecule has 0 aromatic heterocycles. The quantitative estimate of drug-likeness (QED) is 0.475. The average molecular weight is 415 g/mol. The second kappa shape index (κ2) is 12.5. The SMILES string of the molecule is COc1ccc(COC(CCCCCC(=O)O)C(=O)Nc2ccc(OC)cc2)cc1. The van der Waals surface area contributed by atoms with Gasteiger partial charge in [-0.3, -0.25) is 9.59 Å². The van der Waals surface area contributed by atoms with E-state index in [0.29, 0.717) is 37.3 Å². The third-order valence-corrected chi connectivity index (χ3v) is 4.62. The van der Waals surface area contributed by atoms with Crippen LogP contribution in [0.1, 0.15) is 37.7 Å². The number of rotatable bonds is 13. The fraction of sp³-hybridized carbons (Fsp3) is 0.391. The number of methoxy groups -OCH3 is 2. The van der Waals surface area contributed by atoms with E-state index in [-0.39, 0.29) is 12.3 Å². The van der Waals surface area contributed by atoms with Crippen LogP contribution in [0.15, 0.2) is 48.5 Å². The van der Waals surface area contributed by atoms with Crippen molar-refractivity contribution in [1.82, 2.24) is 0 Å². The van der Waals surface area contributed by atoms with Gasteiger partial charge in [0, 0.05) is 12.1 Å². The zero-order chi connectivity index (χ0) is 21.8. The number of nitrogens with one attached hydrogen (secondary N) is 1. The third kappa shape index (κ3) is 8.13. The van der Waals surface area contributed by atoms with E-state index >= 15 is 0 Å². The van der Waals surface area contributed by atoms with Crippen LogP contribution in [0.25, 0.3) is 0 Å². The van der Waals surface area contributed by atoms with Crippen LogP contribution >= 0.6 is 0 Å². The number of carbonyl (C=O) groups is 2. The number of carboxylic acid groups (broad SMARTS) is 1. The Morgan fingerprint density at radius 1 is 0.900 bits per heavy atom. The van der Waals surface area contributed by atoms with Crippen LogP contribution in [0, 0.1) is 0 Å². The number of benzene rings is 2. The van der Waals surface area contributed by atoms with E-state index in [9.17, 15) is 9.59 Å². The van der Waals surface area contributed by atoms with Gasteiger partial charge < -0.3 is 24.6 Å². The standard InChI is InChI=1S/C23H29NO6/c1-28-19-12-8-17(9-13-19)16-30-21(6-4-3-5-7-22(25)26)23(27)24-18-10-14-20(29-2)15-11-18/h8-15,21H,3-7,16H2,1-2H3,(H,24,27)(H,25,26). The smallest absolute Gasteiger partial charge is 0.303 e. The normalized spacial score (nSPS) is 11.5. The number of carboxylic acids is 1. The molecule has 2 aromatic carbocycles. The summed E-state index contributed by atoms with van der Waals surface area (Å²) < 4.78 is 16.2. The summed E-state index contributed by atoms with van der Waals surface area (Å²) in [6, 6.07) is 14.6. The maximum Gasteiger partial charge on any atom is 0.303 e. The Balaban J connectivity index is 1.94. The molecule has 0 bridgehead atoms. The van der Waals surface area contributed by atoms with Gasteiger partial charge in [-0.2, -0.15) is 0 Å². The first-order chi connectivity index (χ1) is 14.5. The molecular formula is C23H29NO6. The number of ether oxygens (including phenoxy) is 3. The Labute approximate surface area is 177 Å². The summed E-state index contributed by atoms with van der Waals surface area (Å²) in [5.74, 6) is 0.427. The van der Waals surface area contributed by atoms with E-state index < -0.39 is 12.1 Å². The maximum atomic E-state index is 12.8. The lowest BCUT2D eigenvalue weighted by atomic mass is 10.1. The molecule has 1 unspecified atom stereocenters. The highest BCUT2D eigenvalue weighted by molar-refractivity contribution is 5.94. The molecule has 0 radical (unpaired) electrons. The second-order valence-corrected chi connectivity index (χ2v) is 6.86. The molecule has 7 nitrogen and oxygen atoms in total. The van der Waals surface area contributed by atoms with Crippen molar-refractivity contribution in [2.45, 2.75) is 44.8 Å². The summed E-state index contributed by atoms with van der Waals surface area (Å²) in [7, 11) is 3.19. The number of aliphatic carboxylic acids is 1. The van der Waals surface area contributed by atoms with Crippen LogP contribution in [-0.4, -0.2) is 37.3 Å². The molecule has 0 saturated carbocycles. The molecule has 7 heteroatoms. The van der Waals surface area contributed by atoms with Gasteiger partial charge in [-0.05, 0) is 54.8 Å². The monoisotopic (exact) mass is 415 g/mol. The fourth-order valence-corrected chi connectivity index (χ4v) is 2.89. The average Bonchev–Trinajstić information content (AvgIpc) is 2.76. The molecule has 0 heterocycles. The van der Waals surface area contributed by atoms with Gasteiger partial charge in [0.05, 0.1) is 20.8 Å². The maximum absolute atomic E-state index is 12.8. The Morgan fingerprint density at radius 3 is 2.07 bits per heavy atom. The number of hydrogen-bond donors (Lipinski definition) is 2. The van der Waals surface area contributed by atoms with Crippen LogP contribution in [0.3, 0.4) is 0 Å². The van der Waals surface area contributed by atoms with Crippen molar-refractivity contribution in [2.75, 3.05) is 19.5 Å². The van der Waals surface area contributed by atoms with Crippen LogP contribution in [-0.2, 0) is 20.9 Å². The third-order valence-electron chi connectivity index (χ3n) is 4.62. The molecule has 1 atom stereocenters. The number of anilines is 1. The number of amides is 1. The van der Waals surface area contributed by atoms with Crippen molar-refractivity contribution in [3.05, 3.63) is 54.1 Å². The molecule has 2 N–H and O–H groups in total. The van der Waals surface area contributed by atoms with Gasteiger partial charge >= 0.3 is 5.97 Å². The minimum absolute atomic E-state index is 0.134. The largest absolute Gasteiger partial charge is 0.497 e. The van der Waals surface area contributed by atoms with Crippen molar-refractivity contribution in [3.63, 3.8) is 0 Å². The predicted molar refractivity (Wildman–Crippen MR) is 114 cm³/mol. The van der Waals surface area contributed by atoms with Crippen LogP contribution in [0.2, 0.25) is 0 Å². The van der Waals surface area contributed by atoms with Gasteiger partial charge in [0.25, 0.3) is 5.91 Å². The van der Waals surface area contributed by atoms with E-state index in [1.807, 2.05) is 24.3 Å². The number of unbranched alkanes of at least 4 members (excludes halogenated alkanes) is 2. The van der Waals surface area contributed by atoms with Gasteiger partial charge in [0.15, 0.2) is 0 Å². The first kappa shape index (κ1) is 23.2. The van der Waals surface area contributed by atoms with Gasteiger partial charge in [0.2, 0.25) is 0 Å². The Hall–Kier alpha value is -3.06. The molecule has 2 rings (SSSR count). The number of carbonyl (C=O) groups excluding carboxylic acids is 1. The van der Waals surface area contributed by atoms with Gasteiger partial charge in [0.1, 0.15) is 17.6 Å². The van der Waals surface area contributed by atoms with Crippen molar-refractivity contribution >= 4 is 17.6 Å². The molecule has 0 aliphatic heterocycles. The lowest BCUT2D eigenvalue weighted by Crippen LogP contribution is -2.30. The second-order valence-electron chi connectivity index (χ2n) is 6.86. The molecule has 0 fully saturated rings. The fourth-order valence-electron chi connectivity index (χ4n) is 2.89. The summed E-state index contributed by atoms with van der Waals surface area (Å²) in [6.45, 7) is 0.291. The molecule has 0 aliphatic carbocycles. The van der Waals surface area contributed by atoms with Crippen LogP contribution in [0.5, 0.6) is 11.5 Å². The number of hydrogen-bond acceptors (Lipinski definition) is 5. The van der Waals surface area contributed by atoms with E-state index in [2.05, 4.69) is 5.32 Å². The van der Waals surface area contributed by atoms with Gasteiger partial charge in [-0.1, -0.05) is 25.0 Å². The Kier molecular flexibility index (Phi) is 9.67. The summed E-state index contributed by atoms with van der Waals surface area (Å²) in [4.78, 5) is 23.4. The van der Waals surface area contributed by atoms with Crippen molar-refractivity contribution in [1.29, 1.82) is 0 Å². The van der Waals surface area contributed by atoms with E-state index in [1.165, 1.54) is 0 Å². The molecule has 1 amide bonds. The topological polar surface area (TPSA) is 94.1 Å². The predicted octanol–water partition coefficient (Wildman–Crippen LogP) is 4.26. The summed E-state index contributed by atoms with van der Waals surface area (Å²) in [6.07, 6.45) is 2.02. The molecule has 2 aromatic rings. The van der Waals surface area contributed by atoms with Crippen molar-refractivity contribution in [2.24, 2.45) is 0 Å². The van der Waals surface area contributed by atoms with Crippen LogP contribution in [0.4, 0.5) is 5.69 Å². The molecule has 0 saturated heterocycles. The van der Waals surface area contributed by atoms with E-state index in [0.717, 1.165) is 17.7 Å². The van der Waals surface area contributed by atoms with E-state index in [1.54, 1.807) is 38.5 Å². The zero-order valence-electron chi connectivity index (χ0n) is 17.4. The molecule has 0 spiro atoms. The first-order valence-electron chi connectivity index (χ1n) is 9.93. The highest BCUT2D eigenvalue weighted by atomic mass is 16.5. The van der Waals surface area contributed by atoms with Gasteiger partial charge in [-0.25, -0.2) is 0 Å².